The third kappa shape index (κ3) is 4.52. The number of rotatable bonds is 6. The number of hydrogen-bond donors (Lipinski definition) is 2. The fourth-order valence-electron chi connectivity index (χ4n) is 4.40. The molecule has 178 valence electrons. The molecular weight excluding hydrogens is 478 g/mol. The van der Waals surface area contributed by atoms with Gasteiger partial charge in [-0.25, -0.2) is 4.39 Å². The predicted octanol–water partition coefficient (Wildman–Crippen LogP) is 5.71. The van der Waals surface area contributed by atoms with Crippen molar-refractivity contribution in [2.24, 2.45) is 0 Å². The van der Waals surface area contributed by atoms with Gasteiger partial charge in [0.2, 0.25) is 0 Å². The van der Waals surface area contributed by atoms with Gasteiger partial charge in [-0.1, -0.05) is 23.2 Å². The van der Waals surface area contributed by atoms with Crippen molar-refractivity contribution in [2.45, 2.75) is 19.4 Å². The summed E-state index contributed by atoms with van der Waals surface area (Å²) in [5.41, 5.74) is 3.32. The van der Waals surface area contributed by atoms with Gasteiger partial charge in [0, 0.05) is 61.1 Å². The average Bonchev–Trinajstić information content (AvgIpc) is 3.40. The number of aromatic nitrogens is 2. The van der Waals surface area contributed by atoms with Gasteiger partial charge in [0.15, 0.2) is 11.6 Å². The largest absolute Gasteiger partial charge is 0.494 e. The number of halogens is 3. The number of anilines is 5. The molecule has 2 aliphatic heterocycles. The number of nitrogens with zero attached hydrogens (tertiary/aromatic N) is 4. The van der Waals surface area contributed by atoms with Crippen LogP contribution in [0.4, 0.5) is 33.1 Å². The van der Waals surface area contributed by atoms with Gasteiger partial charge in [-0.15, -0.1) is 10.2 Å². The molecule has 0 unspecified atom stereocenters. The molecule has 10 heteroatoms. The Balaban J connectivity index is 1.41. The summed E-state index contributed by atoms with van der Waals surface area (Å²) in [5, 5.41) is 15.7. The Morgan fingerprint density at radius 3 is 2.71 bits per heavy atom. The van der Waals surface area contributed by atoms with Crippen LogP contribution in [0.2, 0.25) is 10.0 Å². The van der Waals surface area contributed by atoms with E-state index in [9.17, 15) is 4.39 Å². The first-order chi connectivity index (χ1) is 16.5. The number of ether oxygens (including phenoxy) is 1. The van der Waals surface area contributed by atoms with Gasteiger partial charge in [0.25, 0.3) is 0 Å². The molecule has 2 aromatic carbocycles. The van der Waals surface area contributed by atoms with Gasteiger partial charge < -0.3 is 25.2 Å². The zero-order valence-corrected chi connectivity index (χ0v) is 20.3. The van der Waals surface area contributed by atoms with E-state index in [4.69, 9.17) is 27.9 Å². The van der Waals surface area contributed by atoms with Gasteiger partial charge in [-0.05, 0) is 37.1 Å². The van der Waals surface area contributed by atoms with E-state index in [-0.39, 0.29) is 5.02 Å². The highest BCUT2D eigenvalue weighted by molar-refractivity contribution is 6.36. The molecule has 2 N–H and O–H groups in total. The van der Waals surface area contributed by atoms with Crippen LogP contribution in [0.5, 0.6) is 5.75 Å². The summed E-state index contributed by atoms with van der Waals surface area (Å²) in [6, 6.07) is 10.8. The van der Waals surface area contributed by atoms with Crippen molar-refractivity contribution in [2.75, 3.05) is 53.7 Å². The number of benzene rings is 2. The van der Waals surface area contributed by atoms with Crippen LogP contribution < -0.4 is 25.2 Å². The molecule has 0 spiro atoms. The monoisotopic (exact) mass is 502 g/mol. The molecule has 1 saturated heterocycles. The third-order valence-corrected chi connectivity index (χ3v) is 6.96. The summed E-state index contributed by atoms with van der Waals surface area (Å²) in [7, 11) is 1.66. The van der Waals surface area contributed by atoms with Crippen LogP contribution in [0.25, 0.3) is 0 Å². The molecule has 0 aliphatic carbocycles. The molecule has 3 heterocycles. The lowest BCUT2D eigenvalue weighted by Gasteiger charge is -2.31. The van der Waals surface area contributed by atoms with E-state index in [1.165, 1.54) is 25.0 Å². The highest BCUT2D eigenvalue weighted by atomic mass is 35.5. The molecule has 0 amide bonds. The van der Waals surface area contributed by atoms with Crippen molar-refractivity contribution >= 4 is 51.9 Å². The Morgan fingerprint density at radius 1 is 1.09 bits per heavy atom. The first kappa shape index (κ1) is 22.8. The maximum atomic E-state index is 14.0. The smallest absolute Gasteiger partial charge is 0.172 e. The number of nitrogens with one attached hydrogen (secondary N) is 2. The molecule has 0 bridgehead atoms. The summed E-state index contributed by atoms with van der Waals surface area (Å²) < 4.78 is 19.7. The van der Waals surface area contributed by atoms with E-state index in [2.05, 4.69) is 36.7 Å². The zero-order valence-electron chi connectivity index (χ0n) is 18.7. The Hall–Kier alpha value is -2.97. The first-order valence-electron chi connectivity index (χ1n) is 11.2. The minimum atomic E-state index is -0.490. The minimum absolute atomic E-state index is 0.0378. The molecule has 0 radical (unpaired) electrons. The van der Waals surface area contributed by atoms with Crippen molar-refractivity contribution in [3.63, 3.8) is 0 Å². The minimum Gasteiger partial charge on any atom is -0.494 e. The standard InChI is InChI=1S/C24H25Cl2FN6O/c1-34-21-12-15(32-9-2-3-10-32)4-7-19(21)29-22-13-20-24(31-30-22)28-8-11-33(20)14-16-17(25)5-6-18(27)23(16)26/h4-7,12-13H,2-3,8-11,14H2,1H3,(H,28,31)(H,29,30). The van der Waals surface area contributed by atoms with Crippen molar-refractivity contribution < 1.29 is 9.13 Å². The number of methoxy groups -OCH3 is 1. The maximum absolute atomic E-state index is 14.0. The molecule has 34 heavy (non-hydrogen) atoms. The fourth-order valence-corrected chi connectivity index (χ4v) is 4.89. The summed E-state index contributed by atoms with van der Waals surface area (Å²) in [6.07, 6.45) is 2.42. The third-order valence-electron chi connectivity index (χ3n) is 6.20. The van der Waals surface area contributed by atoms with Crippen molar-refractivity contribution in [3.05, 3.63) is 57.8 Å². The Labute approximate surface area is 207 Å². The van der Waals surface area contributed by atoms with Crippen LogP contribution in [-0.2, 0) is 6.54 Å². The van der Waals surface area contributed by atoms with E-state index in [0.29, 0.717) is 41.9 Å². The van der Waals surface area contributed by atoms with E-state index >= 15 is 0 Å². The average molecular weight is 503 g/mol. The Bertz CT molecular complexity index is 1200. The summed E-state index contributed by atoms with van der Waals surface area (Å²) in [5.74, 6) is 1.46. The molecule has 3 aromatic rings. The van der Waals surface area contributed by atoms with Gasteiger partial charge in [-0.2, -0.15) is 0 Å². The molecule has 1 aromatic heterocycles. The second-order valence-electron chi connectivity index (χ2n) is 8.34. The summed E-state index contributed by atoms with van der Waals surface area (Å²) >= 11 is 12.5. The van der Waals surface area contributed by atoms with Crippen LogP contribution in [0.3, 0.4) is 0 Å². The van der Waals surface area contributed by atoms with Crippen LogP contribution in [0, 0.1) is 5.82 Å². The van der Waals surface area contributed by atoms with E-state index in [1.54, 1.807) is 7.11 Å². The molecular formula is C24H25Cl2FN6O. The van der Waals surface area contributed by atoms with Crippen LogP contribution in [0.15, 0.2) is 36.4 Å². The molecule has 1 fully saturated rings. The highest BCUT2D eigenvalue weighted by Crippen LogP contribution is 2.36. The lowest BCUT2D eigenvalue weighted by molar-refractivity contribution is 0.417. The molecule has 7 nitrogen and oxygen atoms in total. The van der Waals surface area contributed by atoms with E-state index < -0.39 is 5.82 Å². The predicted molar refractivity (Wildman–Crippen MR) is 136 cm³/mol. The molecule has 0 atom stereocenters. The normalized spacial score (nSPS) is 15.2. The fraction of sp³-hybridized carbons (Fsp3) is 0.333. The summed E-state index contributed by atoms with van der Waals surface area (Å²) in [4.78, 5) is 4.42. The van der Waals surface area contributed by atoms with Gasteiger partial charge in [-0.3, -0.25) is 0 Å². The second kappa shape index (κ2) is 9.72. The van der Waals surface area contributed by atoms with Crippen molar-refractivity contribution in [3.8, 4) is 5.75 Å². The second-order valence-corrected chi connectivity index (χ2v) is 9.12. The molecule has 2 aliphatic rings. The van der Waals surface area contributed by atoms with Crippen LogP contribution in [-0.4, -0.2) is 43.5 Å². The highest BCUT2D eigenvalue weighted by Gasteiger charge is 2.23. The Morgan fingerprint density at radius 2 is 1.91 bits per heavy atom. The SMILES string of the molecule is COc1cc(N2CCCC2)ccc1Nc1cc2c(nn1)NCCN2Cc1c(Cl)ccc(F)c1Cl. The van der Waals surface area contributed by atoms with Crippen LogP contribution in [0.1, 0.15) is 18.4 Å². The quantitative estimate of drug-likeness (QED) is 0.418. The first-order valence-corrected chi connectivity index (χ1v) is 12.0. The van der Waals surface area contributed by atoms with Gasteiger partial charge in [0.1, 0.15) is 11.6 Å². The van der Waals surface area contributed by atoms with Gasteiger partial charge in [0.05, 0.1) is 23.5 Å². The Kier molecular flexibility index (Phi) is 6.52. The number of fused-ring (bicyclic) bond motifs is 1. The van der Waals surface area contributed by atoms with Crippen molar-refractivity contribution in [1.82, 2.24) is 10.2 Å². The van der Waals surface area contributed by atoms with Crippen molar-refractivity contribution in [1.29, 1.82) is 0 Å². The van der Waals surface area contributed by atoms with Gasteiger partial charge >= 0.3 is 0 Å². The number of hydrogen-bond acceptors (Lipinski definition) is 7. The van der Waals surface area contributed by atoms with Crippen LogP contribution >= 0.6 is 23.2 Å². The molecule has 0 saturated carbocycles. The van der Waals surface area contributed by atoms with E-state index in [0.717, 1.165) is 35.9 Å². The summed E-state index contributed by atoms with van der Waals surface area (Å²) in [6.45, 7) is 3.83. The topological polar surface area (TPSA) is 65.5 Å². The lowest BCUT2D eigenvalue weighted by Crippen LogP contribution is -2.34. The zero-order chi connectivity index (χ0) is 23.7. The maximum Gasteiger partial charge on any atom is 0.172 e. The lowest BCUT2D eigenvalue weighted by atomic mass is 10.1. The van der Waals surface area contributed by atoms with E-state index in [1.807, 2.05) is 18.2 Å². The molecule has 5 rings (SSSR count).